The summed E-state index contributed by atoms with van der Waals surface area (Å²) in [6, 6.07) is 8.97. The Hall–Kier alpha value is -1.12. The van der Waals surface area contributed by atoms with Gasteiger partial charge in [0.05, 0.1) is 5.52 Å². The smallest absolute Gasteiger partial charge is 0.0761 e. The number of halogens is 1. The van der Waals surface area contributed by atoms with Gasteiger partial charge in [0.15, 0.2) is 0 Å². The van der Waals surface area contributed by atoms with Crippen LogP contribution in [0, 0.1) is 5.92 Å². The fraction of sp³-hybridized carbons (Fsp3) is 0.471. The number of pyridine rings is 1. The average molecular weight is 287 g/mol. The molecule has 2 aliphatic rings. The van der Waals surface area contributed by atoms with Crippen LogP contribution >= 0.6 is 11.6 Å². The van der Waals surface area contributed by atoms with Crippen molar-refractivity contribution in [3.8, 4) is 0 Å². The van der Waals surface area contributed by atoms with Crippen molar-refractivity contribution in [2.24, 2.45) is 5.92 Å². The lowest BCUT2D eigenvalue weighted by Crippen LogP contribution is -2.28. The molecule has 104 valence electrons. The van der Waals surface area contributed by atoms with Crippen molar-refractivity contribution in [2.45, 2.75) is 38.3 Å². The molecule has 20 heavy (non-hydrogen) atoms. The van der Waals surface area contributed by atoms with Gasteiger partial charge < -0.3 is 0 Å². The van der Waals surface area contributed by atoms with Crippen LogP contribution in [0.5, 0.6) is 0 Å². The van der Waals surface area contributed by atoms with Crippen molar-refractivity contribution >= 4 is 22.5 Å². The van der Waals surface area contributed by atoms with Crippen LogP contribution in [0.1, 0.15) is 31.2 Å². The van der Waals surface area contributed by atoms with Crippen LogP contribution in [0.25, 0.3) is 10.9 Å². The number of benzene rings is 1. The standard InChI is InChI=1S/C17H19ClN2/c18-16-8-5-13-2-1-9-19-17(13)15(16)11-20(14-6-7-14)10-12-3-4-12/h1-2,5,8-9,12,14H,3-4,6-7,10-11H2. The van der Waals surface area contributed by atoms with E-state index in [4.69, 9.17) is 11.6 Å². The maximum atomic E-state index is 6.46. The molecule has 2 fully saturated rings. The highest BCUT2D eigenvalue weighted by Crippen LogP contribution is 2.37. The van der Waals surface area contributed by atoms with E-state index in [1.165, 1.54) is 43.2 Å². The minimum absolute atomic E-state index is 0.783. The number of fused-ring (bicyclic) bond motifs is 1. The van der Waals surface area contributed by atoms with Crippen molar-refractivity contribution in [3.05, 3.63) is 41.0 Å². The molecule has 1 aromatic carbocycles. The van der Waals surface area contributed by atoms with E-state index in [-0.39, 0.29) is 0 Å². The fourth-order valence-corrected chi connectivity index (χ4v) is 3.16. The largest absolute Gasteiger partial charge is 0.296 e. The minimum atomic E-state index is 0.783. The highest BCUT2D eigenvalue weighted by Gasteiger charge is 2.34. The SMILES string of the molecule is Clc1ccc2cccnc2c1CN(CC1CC1)C1CC1. The Bertz CT molecular complexity index is 632. The maximum Gasteiger partial charge on any atom is 0.0761 e. The molecule has 2 aromatic rings. The first kappa shape index (κ1) is 12.6. The second-order valence-electron chi connectivity index (χ2n) is 6.21. The molecule has 2 nitrogen and oxygen atoms in total. The Morgan fingerprint density at radius 3 is 2.75 bits per heavy atom. The lowest BCUT2D eigenvalue weighted by atomic mass is 10.1. The van der Waals surface area contributed by atoms with E-state index >= 15 is 0 Å². The van der Waals surface area contributed by atoms with E-state index in [9.17, 15) is 0 Å². The molecule has 0 unspecified atom stereocenters. The average Bonchev–Trinajstić information content (AvgIpc) is 3.34. The highest BCUT2D eigenvalue weighted by atomic mass is 35.5. The molecule has 0 amide bonds. The summed E-state index contributed by atoms with van der Waals surface area (Å²) in [5.41, 5.74) is 2.28. The summed E-state index contributed by atoms with van der Waals surface area (Å²) in [5, 5.41) is 2.05. The molecule has 1 heterocycles. The van der Waals surface area contributed by atoms with Gasteiger partial charge in [-0.1, -0.05) is 23.7 Å². The lowest BCUT2D eigenvalue weighted by Gasteiger charge is -2.23. The molecular formula is C17H19ClN2. The predicted octanol–water partition coefficient (Wildman–Crippen LogP) is 4.26. The first-order valence-corrected chi connectivity index (χ1v) is 7.95. The number of nitrogens with zero attached hydrogens (tertiary/aromatic N) is 2. The van der Waals surface area contributed by atoms with Crippen LogP contribution < -0.4 is 0 Å². The molecule has 1 aromatic heterocycles. The molecule has 0 N–H and O–H groups in total. The van der Waals surface area contributed by atoms with Crippen LogP contribution in [0.3, 0.4) is 0 Å². The summed E-state index contributed by atoms with van der Waals surface area (Å²) in [5.74, 6) is 0.928. The monoisotopic (exact) mass is 286 g/mol. The third-order valence-electron chi connectivity index (χ3n) is 4.44. The quantitative estimate of drug-likeness (QED) is 0.816. The van der Waals surface area contributed by atoms with E-state index in [1.54, 1.807) is 0 Å². The molecule has 0 bridgehead atoms. The second kappa shape index (κ2) is 5.01. The number of aromatic nitrogens is 1. The predicted molar refractivity (Wildman–Crippen MR) is 82.9 cm³/mol. The van der Waals surface area contributed by atoms with E-state index in [2.05, 4.69) is 22.0 Å². The number of hydrogen-bond donors (Lipinski definition) is 0. The lowest BCUT2D eigenvalue weighted by molar-refractivity contribution is 0.245. The van der Waals surface area contributed by atoms with Crippen molar-refractivity contribution in [2.75, 3.05) is 6.54 Å². The molecular weight excluding hydrogens is 268 g/mol. The molecule has 0 atom stereocenters. The topological polar surface area (TPSA) is 16.1 Å². The van der Waals surface area contributed by atoms with Crippen LogP contribution in [0.4, 0.5) is 0 Å². The third-order valence-corrected chi connectivity index (χ3v) is 4.79. The molecule has 0 radical (unpaired) electrons. The zero-order valence-corrected chi connectivity index (χ0v) is 12.3. The van der Waals surface area contributed by atoms with E-state index in [1.807, 2.05) is 18.3 Å². The summed E-state index contributed by atoms with van der Waals surface area (Å²) < 4.78 is 0. The van der Waals surface area contributed by atoms with E-state index in [0.717, 1.165) is 29.0 Å². The first-order chi connectivity index (χ1) is 9.81. The van der Waals surface area contributed by atoms with Crippen LogP contribution in [-0.4, -0.2) is 22.5 Å². The minimum Gasteiger partial charge on any atom is -0.296 e. The van der Waals surface area contributed by atoms with Crippen molar-refractivity contribution in [1.29, 1.82) is 0 Å². The summed E-state index contributed by atoms with van der Waals surface area (Å²) in [6.45, 7) is 2.19. The van der Waals surface area contributed by atoms with Crippen molar-refractivity contribution in [1.82, 2.24) is 9.88 Å². The Labute approximate surface area is 124 Å². The van der Waals surface area contributed by atoms with Gasteiger partial charge in [-0.2, -0.15) is 0 Å². The zero-order valence-electron chi connectivity index (χ0n) is 11.6. The Kier molecular flexibility index (Phi) is 3.16. The molecule has 0 saturated heterocycles. The molecule has 2 saturated carbocycles. The highest BCUT2D eigenvalue weighted by molar-refractivity contribution is 6.32. The van der Waals surface area contributed by atoms with Gasteiger partial charge in [-0.15, -0.1) is 0 Å². The Balaban J connectivity index is 1.67. The fourth-order valence-electron chi connectivity index (χ4n) is 2.95. The normalized spacial score (nSPS) is 18.9. The van der Waals surface area contributed by atoms with Crippen LogP contribution in [0.15, 0.2) is 30.5 Å². The number of rotatable bonds is 5. The molecule has 0 spiro atoms. The molecule has 2 aliphatic carbocycles. The zero-order chi connectivity index (χ0) is 13.5. The van der Waals surface area contributed by atoms with Gasteiger partial charge >= 0.3 is 0 Å². The number of hydrogen-bond acceptors (Lipinski definition) is 2. The van der Waals surface area contributed by atoms with Gasteiger partial charge in [-0.05, 0) is 43.7 Å². The Morgan fingerprint density at radius 2 is 2.00 bits per heavy atom. The molecule has 0 aliphatic heterocycles. The summed E-state index contributed by atoms with van der Waals surface area (Å²) in [4.78, 5) is 7.19. The van der Waals surface area contributed by atoms with Gasteiger partial charge in [-0.3, -0.25) is 9.88 Å². The van der Waals surface area contributed by atoms with Gasteiger partial charge in [0.2, 0.25) is 0 Å². The second-order valence-corrected chi connectivity index (χ2v) is 6.61. The molecule has 3 heteroatoms. The first-order valence-electron chi connectivity index (χ1n) is 7.57. The summed E-state index contributed by atoms with van der Waals surface area (Å²) in [7, 11) is 0. The van der Waals surface area contributed by atoms with Crippen molar-refractivity contribution in [3.63, 3.8) is 0 Å². The maximum absolute atomic E-state index is 6.46. The van der Waals surface area contributed by atoms with Gasteiger partial charge in [0.25, 0.3) is 0 Å². The van der Waals surface area contributed by atoms with Crippen LogP contribution in [-0.2, 0) is 6.54 Å². The van der Waals surface area contributed by atoms with Gasteiger partial charge in [0, 0.05) is 41.3 Å². The molecule has 4 rings (SSSR count). The van der Waals surface area contributed by atoms with Gasteiger partial charge in [-0.25, -0.2) is 0 Å². The van der Waals surface area contributed by atoms with Crippen molar-refractivity contribution < 1.29 is 0 Å². The summed E-state index contributed by atoms with van der Waals surface area (Å²) >= 11 is 6.46. The van der Waals surface area contributed by atoms with Gasteiger partial charge in [0.1, 0.15) is 0 Å². The third kappa shape index (κ3) is 2.55. The Morgan fingerprint density at radius 1 is 1.15 bits per heavy atom. The van der Waals surface area contributed by atoms with Crippen LogP contribution in [0.2, 0.25) is 5.02 Å². The van der Waals surface area contributed by atoms with E-state index in [0.29, 0.717) is 0 Å². The van der Waals surface area contributed by atoms with E-state index < -0.39 is 0 Å². The summed E-state index contributed by atoms with van der Waals surface area (Å²) in [6.07, 6.45) is 7.38.